The molecule has 0 saturated carbocycles. The Morgan fingerprint density at radius 3 is 3.00 bits per heavy atom. The summed E-state index contributed by atoms with van der Waals surface area (Å²) in [6.45, 7) is 6.58. The minimum atomic E-state index is -0.495. The van der Waals surface area contributed by atoms with E-state index in [1.165, 1.54) is 0 Å². The van der Waals surface area contributed by atoms with E-state index in [9.17, 15) is 9.59 Å². The highest BCUT2D eigenvalue weighted by Gasteiger charge is 2.49. The van der Waals surface area contributed by atoms with Crippen LogP contribution in [-0.4, -0.2) is 41.8 Å². The fourth-order valence-corrected chi connectivity index (χ4v) is 2.55. The van der Waals surface area contributed by atoms with Gasteiger partial charge in [-0.3, -0.25) is 0 Å². The molecule has 18 heavy (non-hydrogen) atoms. The second kappa shape index (κ2) is 4.63. The molecule has 1 atom stereocenters. The Bertz CT molecular complexity index is 400. The van der Waals surface area contributed by atoms with Gasteiger partial charge in [-0.2, -0.15) is 0 Å². The Morgan fingerprint density at radius 1 is 1.61 bits per heavy atom. The van der Waals surface area contributed by atoms with Crippen molar-refractivity contribution in [2.45, 2.75) is 45.3 Å². The summed E-state index contributed by atoms with van der Waals surface area (Å²) < 4.78 is 10.2. The van der Waals surface area contributed by atoms with E-state index >= 15 is 0 Å². The minimum Gasteiger partial charge on any atom is -0.463 e. The molecule has 2 aliphatic heterocycles. The monoisotopic (exact) mass is 253 g/mol. The molecule has 0 aromatic heterocycles. The molecule has 0 aromatic rings. The van der Waals surface area contributed by atoms with Crippen LogP contribution in [-0.2, 0) is 14.3 Å². The van der Waals surface area contributed by atoms with Crippen LogP contribution in [0.5, 0.6) is 0 Å². The highest BCUT2D eigenvalue weighted by atomic mass is 16.6. The molecule has 2 rings (SSSR count). The fourth-order valence-electron chi connectivity index (χ4n) is 2.55. The molecule has 2 aliphatic rings. The van der Waals surface area contributed by atoms with Gasteiger partial charge in [0.1, 0.15) is 5.60 Å². The number of esters is 1. The first kappa shape index (κ1) is 12.9. The molecule has 0 N–H and O–H groups in total. The predicted molar refractivity (Wildman–Crippen MR) is 65.0 cm³/mol. The summed E-state index contributed by atoms with van der Waals surface area (Å²) in [7, 11) is 0. The van der Waals surface area contributed by atoms with E-state index in [0.717, 1.165) is 5.57 Å². The van der Waals surface area contributed by atoms with Crippen molar-refractivity contribution >= 4 is 12.1 Å². The number of amides is 1. The van der Waals surface area contributed by atoms with Crippen molar-refractivity contribution in [3.05, 3.63) is 11.6 Å². The lowest BCUT2D eigenvalue weighted by atomic mass is 9.87. The molecule has 1 amide bonds. The average Bonchev–Trinajstić information content (AvgIpc) is 2.50. The average molecular weight is 253 g/mol. The van der Waals surface area contributed by atoms with E-state index in [-0.39, 0.29) is 18.1 Å². The fraction of sp³-hybridized carbons (Fsp3) is 0.692. The smallest absolute Gasteiger partial charge is 0.410 e. The van der Waals surface area contributed by atoms with Crippen LogP contribution in [0.1, 0.15) is 33.6 Å². The quantitative estimate of drug-likeness (QED) is 0.557. The first-order valence-electron chi connectivity index (χ1n) is 6.30. The van der Waals surface area contributed by atoms with Crippen LogP contribution in [0.2, 0.25) is 0 Å². The maximum atomic E-state index is 11.6. The number of rotatable bonds is 2. The van der Waals surface area contributed by atoms with Gasteiger partial charge >= 0.3 is 12.1 Å². The number of hydrogen-bond acceptors (Lipinski definition) is 4. The van der Waals surface area contributed by atoms with Gasteiger partial charge in [-0.15, -0.1) is 0 Å². The molecule has 0 bridgehead atoms. The van der Waals surface area contributed by atoms with Crippen molar-refractivity contribution in [3.63, 3.8) is 0 Å². The van der Waals surface area contributed by atoms with Crippen LogP contribution in [0.15, 0.2) is 11.6 Å². The molecule has 5 nitrogen and oxygen atoms in total. The van der Waals surface area contributed by atoms with Crippen LogP contribution in [0.25, 0.3) is 0 Å². The molecular weight excluding hydrogens is 234 g/mol. The molecule has 2 saturated heterocycles. The van der Waals surface area contributed by atoms with Crippen LogP contribution in [0.3, 0.4) is 0 Å². The molecule has 1 unspecified atom stereocenters. The molecule has 100 valence electrons. The van der Waals surface area contributed by atoms with Crippen LogP contribution in [0.4, 0.5) is 4.79 Å². The lowest BCUT2D eigenvalue weighted by Crippen LogP contribution is -2.45. The predicted octanol–water partition coefficient (Wildman–Crippen LogP) is 1.87. The van der Waals surface area contributed by atoms with E-state index in [0.29, 0.717) is 26.0 Å². The number of carbonyl (C=O) groups is 2. The highest BCUT2D eigenvalue weighted by Crippen LogP contribution is 2.37. The second-order valence-electron chi connectivity index (χ2n) is 5.19. The van der Waals surface area contributed by atoms with Crippen molar-refractivity contribution in [3.8, 4) is 0 Å². The molecule has 5 heteroatoms. The summed E-state index contributed by atoms with van der Waals surface area (Å²) in [4.78, 5) is 24.8. The Labute approximate surface area is 107 Å². The summed E-state index contributed by atoms with van der Waals surface area (Å²) in [6.07, 6.45) is 2.69. The van der Waals surface area contributed by atoms with Gasteiger partial charge in [-0.05, 0) is 33.6 Å². The summed E-state index contributed by atoms with van der Waals surface area (Å²) in [5.74, 6) is -0.302. The summed E-state index contributed by atoms with van der Waals surface area (Å²) >= 11 is 0. The molecule has 2 heterocycles. The zero-order valence-corrected chi connectivity index (χ0v) is 11.1. The van der Waals surface area contributed by atoms with Crippen LogP contribution < -0.4 is 0 Å². The van der Waals surface area contributed by atoms with E-state index in [1.807, 2.05) is 13.8 Å². The van der Waals surface area contributed by atoms with Gasteiger partial charge in [-0.25, -0.2) is 9.59 Å². The number of hydrogen-bond donors (Lipinski definition) is 0. The number of piperidine rings is 1. The highest BCUT2D eigenvalue weighted by molar-refractivity contribution is 5.83. The third kappa shape index (κ3) is 2.35. The molecule has 0 spiro atoms. The van der Waals surface area contributed by atoms with Gasteiger partial charge in [-0.1, -0.05) is 5.57 Å². The standard InChI is InChI=1S/C13H19NO4/c1-4-17-11(15)8-9-5-6-14-10(7-9)13(2,3)18-12(14)16/h8,10H,4-7H2,1-3H3. The zero-order chi connectivity index (χ0) is 13.3. The van der Waals surface area contributed by atoms with Gasteiger partial charge < -0.3 is 14.4 Å². The number of ether oxygens (including phenoxy) is 2. The van der Waals surface area contributed by atoms with Gasteiger partial charge in [0.2, 0.25) is 0 Å². The Kier molecular flexibility index (Phi) is 3.32. The molecule has 0 radical (unpaired) electrons. The minimum absolute atomic E-state index is 0.0134. The van der Waals surface area contributed by atoms with Gasteiger partial charge in [0.15, 0.2) is 0 Å². The Hall–Kier alpha value is -1.52. The SMILES string of the molecule is CCOC(=O)C=C1CCN2C(=O)OC(C)(C)C2C1. The normalized spacial score (nSPS) is 27.9. The number of fused-ring (bicyclic) bond motifs is 1. The van der Waals surface area contributed by atoms with Crippen molar-refractivity contribution in [2.75, 3.05) is 13.2 Å². The van der Waals surface area contributed by atoms with Crippen LogP contribution >= 0.6 is 0 Å². The maximum Gasteiger partial charge on any atom is 0.410 e. The lowest BCUT2D eigenvalue weighted by Gasteiger charge is -2.33. The molecule has 0 aliphatic carbocycles. The van der Waals surface area contributed by atoms with Crippen molar-refractivity contribution < 1.29 is 19.1 Å². The van der Waals surface area contributed by atoms with Crippen molar-refractivity contribution in [1.29, 1.82) is 0 Å². The summed E-state index contributed by atoms with van der Waals surface area (Å²) in [5.41, 5.74) is 0.534. The first-order chi connectivity index (χ1) is 8.44. The number of carbonyl (C=O) groups excluding carboxylic acids is 2. The van der Waals surface area contributed by atoms with Gasteiger partial charge in [0, 0.05) is 12.6 Å². The lowest BCUT2D eigenvalue weighted by molar-refractivity contribution is -0.137. The molecule has 2 fully saturated rings. The summed E-state index contributed by atoms with van der Waals surface area (Å²) in [6, 6.07) is 0.0134. The largest absolute Gasteiger partial charge is 0.463 e. The Balaban J connectivity index is 2.09. The molecular formula is C13H19NO4. The molecule has 0 aromatic carbocycles. The third-order valence-electron chi connectivity index (χ3n) is 3.50. The maximum absolute atomic E-state index is 11.6. The number of nitrogens with zero attached hydrogens (tertiary/aromatic N) is 1. The Morgan fingerprint density at radius 2 is 2.33 bits per heavy atom. The number of cyclic esters (lactones) is 1. The van der Waals surface area contributed by atoms with Gasteiger partial charge in [0.25, 0.3) is 0 Å². The van der Waals surface area contributed by atoms with Crippen LogP contribution in [0, 0.1) is 0 Å². The summed E-state index contributed by atoms with van der Waals surface area (Å²) in [5, 5.41) is 0. The third-order valence-corrected chi connectivity index (χ3v) is 3.50. The zero-order valence-electron chi connectivity index (χ0n) is 11.1. The topological polar surface area (TPSA) is 55.8 Å². The van der Waals surface area contributed by atoms with Crippen molar-refractivity contribution in [1.82, 2.24) is 4.90 Å². The van der Waals surface area contributed by atoms with Gasteiger partial charge in [0.05, 0.1) is 12.6 Å². The van der Waals surface area contributed by atoms with E-state index < -0.39 is 5.60 Å². The van der Waals surface area contributed by atoms with E-state index in [1.54, 1.807) is 17.9 Å². The van der Waals surface area contributed by atoms with E-state index in [4.69, 9.17) is 9.47 Å². The van der Waals surface area contributed by atoms with Crippen molar-refractivity contribution in [2.24, 2.45) is 0 Å². The second-order valence-corrected chi connectivity index (χ2v) is 5.19. The first-order valence-corrected chi connectivity index (χ1v) is 6.30. The van der Waals surface area contributed by atoms with E-state index in [2.05, 4.69) is 0 Å².